The Morgan fingerprint density at radius 3 is 2.32 bits per heavy atom. The van der Waals surface area contributed by atoms with E-state index in [4.69, 9.17) is 9.84 Å². The van der Waals surface area contributed by atoms with E-state index in [1.54, 1.807) is 18.2 Å². The average Bonchev–Trinajstić information content (AvgIpc) is 2.75. The van der Waals surface area contributed by atoms with E-state index >= 15 is 0 Å². The number of carboxylic acids is 1. The third kappa shape index (κ3) is 6.60. The minimum atomic E-state index is -4.36. The number of nitrogens with zero attached hydrogens (tertiary/aromatic N) is 1. The third-order valence-electron chi connectivity index (χ3n) is 4.23. The van der Waals surface area contributed by atoms with Gasteiger partial charge in [0.05, 0.1) is 11.8 Å². The Balaban J connectivity index is 1.60. The van der Waals surface area contributed by atoms with Crippen LogP contribution in [0.3, 0.4) is 0 Å². The molecule has 0 aliphatic rings. The first-order chi connectivity index (χ1) is 14.8. The molecule has 160 valence electrons. The molecule has 0 bridgehead atoms. The summed E-state index contributed by atoms with van der Waals surface area (Å²) in [7, 11) is 0. The number of benzene rings is 3. The van der Waals surface area contributed by atoms with Gasteiger partial charge in [-0.3, -0.25) is 0 Å². The number of ether oxygens (including phenoxy) is 1. The van der Waals surface area contributed by atoms with E-state index in [9.17, 15) is 18.0 Å². The normalized spacial score (nSPS) is 11.5. The summed E-state index contributed by atoms with van der Waals surface area (Å²) < 4.78 is 43.5. The molecule has 0 fully saturated rings. The summed E-state index contributed by atoms with van der Waals surface area (Å²) in [6.45, 7) is -0.357. The second-order valence-electron chi connectivity index (χ2n) is 6.53. The summed E-state index contributed by atoms with van der Waals surface area (Å²) in [4.78, 5) is 15.0. The number of carbonyl (C=O) groups is 1. The van der Waals surface area contributed by atoms with E-state index in [-0.39, 0.29) is 6.61 Å². The molecule has 8 heteroatoms. The van der Waals surface area contributed by atoms with Crippen LogP contribution in [-0.4, -0.2) is 23.9 Å². The highest BCUT2D eigenvalue weighted by Crippen LogP contribution is 2.29. The minimum absolute atomic E-state index is 0.153. The first-order valence-corrected chi connectivity index (χ1v) is 9.18. The number of alkyl halides is 3. The third-order valence-corrected chi connectivity index (χ3v) is 4.23. The average molecular weight is 429 g/mol. The Labute approximate surface area is 176 Å². The van der Waals surface area contributed by atoms with Crippen LogP contribution in [0.4, 0.5) is 13.2 Å². The Hall–Kier alpha value is -3.81. The first kappa shape index (κ1) is 21.9. The van der Waals surface area contributed by atoms with Gasteiger partial charge in [0, 0.05) is 0 Å². The molecule has 31 heavy (non-hydrogen) atoms. The molecule has 3 aromatic carbocycles. The lowest BCUT2D eigenvalue weighted by Gasteiger charge is -2.10. The van der Waals surface area contributed by atoms with Crippen LogP contribution in [0.25, 0.3) is 11.1 Å². The van der Waals surface area contributed by atoms with Crippen molar-refractivity contribution in [1.82, 2.24) is 0 Å². The van der Waals surface area contributed by atoms with Crippen molar-refractivity contribution >= 4 is 12.2 Å². The molecule has 0 aliphatic carbocycles. The molecule has 3 aromatic rings. The van der Waals surface area contributed by atoms with E-state index in [0.717, 1.165) is 28.8 Å². The number of hydrogen-bond acceptors (Lipinski definition) is 4. The number of halogens is 3. The van der Waals surface area contributed by atoms with Crippen LogP contribution in [0.2, 0.25) is 0 Å². The van der Waals surface area contributed by atoms with Crippen LogP contribution in [0.1, 0.15) is 16.7 Å². The number of hydrogen-bond donors (Lipinski definition) is 1. The monoisotopic (exact) mass is 429 g/mol. The molecule has 0 heterocycles. The minimum Gasteiger partial charge on any atom is -0.489 e. The van der Waals surface area contributed by atoms with Crippen molar-refractivity contribution in [3.05, 3.63) is 89.5 Å². The number of oxime groups is 1. The first-order valence-electron chi connectivity index (χ1n) is 9.18. The molecular formula is C23H18F3NO4. The summed E-state index contributed by atoms with van der Waals surface area (Å²) in [6, 6.07) is 19.5. The van der Waals surface area contributed by atoms with Crippen molar-refractivity contribution in [2.45, 2.75) is 12.8 Å². The van der Waals surface area contributed by atoms with E-state index < -0.39 is 24.3 Å². The van der Waals surface area contributed by atoms with Crippen molar-refractivity contribution in [2.24, 2.45) is 5.16 Å². The van der Waals surface area contributed by atoms with Crippen LogP contribution in [0.5, 0.6) is 5.75 Å². The van der Waals surface area contributed by atoms with Gasteiger partial charge in [-0.1, -0.05) is 47.6 Å². The second kappa shape index (κ2) is 9.80. The molecule has 0 radical (unpaired) electrons. The molecule has 0 saturated carbocycles. The quantitative estimate of drug-likeness (QED) is 0.385. The van der Waals surface area contributed by atoms with Crippen molar-refractivity contribution in [3.8, 4) is 16.9 Å². The fourth-order valence-corrected chi connectivity index (χ4v) is 2.69. The predicted octanol–water partition coefficient (Wildman–Crippen LogP) is 5.39. The zero-order valence-electron chi connectivity index (χ0n) is 16.2. The van der Waals surface area contributed by atoms with Gasteiger partial charge in [0.1, 0.15) is 12.4 Å². The summed E-state index contributed by atoms with van der Waals surface area (Å²) in [6.07, 6.45) is -2.93. The molecule has 5 nitrogen and oxygen atoms in total. The highest BCUT2D eigenvalue weighted by molar-refractivity contribution is 5.82. The fraction of sp³-hybridized carbons (Fsp3) is 0.130. The van der Waals surface area contributed by atoms with Gasteiger partial charge in [0.2, 0.25) is 6.61 Å². The van der Waals surface area contributed by atoms with E-state index in [0.29, 0.717) is 11.3 Å². The fourth-order valence-electron chi connectivity index (χ4n) is 2.69. The highest BCUT2D eigenvalue weighted by atomic mass is 19.4. The molecular weight excluding hydrogens is 411 g/mol. The lowest BCUT2D eigenvalue weighted by atomic mass is 10.0. The van der Waals surface area contributed by atoms with Gasteiger partial charge in [0.25, 0.3) is 0 Å². The van der Waals surface area contributed by atoms with Gasteiger partial charge in [-0.25, -0.2) is 4.79 Å². The number of aliphatic carboxylic acids is 1. The van der Waals surface area contributed by atoms with Gasteiger partial charge in [-0.05, 0) is 52.6 Å². The van der Waals surface area contributed by atoms with E-state index in [2.05, 4.69) is 9.99 Å². The molecule has 1 N–H and O–H groups in total. The van der Waals surface area contributed by atoms with Crippen LogP contribution in [0, 0.1) is 0 Å². The molecule has 0 amide bonds. The van der Waals surface area contributed by atoms with Gasteiger partial charge >= 0.3 is 12.1 Å². The maximum absolute atomic E-state index is 12.6. The molecule has 0 aromatic heterocycles. The molecule has 0 saturated heterocycles. The van der Waals surface area contributed by atoms with Crippen LogP contribution in [0.15, 0.2) is 78.0 Å². The SMILES string of the molecule is O=C(O)CO/N=C/c1cccc(-c2ccc(OCc3ccc(C(F)(F)F)cc3)cc2)c1. The largest absolute Gasteiger partial charge is 0.489 e. The standard InChI is InChI=1S/C23H18F3NO4/c24-23(25,26)20-8-4-16(5-9-20)14-30-21-10-6-18(7-11-21)19-3-1-2-17(12-19)13-27-31-15-22(28)29/h1-13H,14-15H2,(H,28,29)/b27-13+. The zero-order chi connectivity index (χ0) is 22.3. The van der Waals surface area contributed by atoms with E-state index in [1.807, 2.05) is 30.3 Å². The molecule has 0 atom stereocenters. The molecule has 0 unspecified atom stereocenters. The molecule has 0 spiro atoms. The van der Waals surface area contributed by atoms with Crippen molar-refractivity contribution in [2.75, 3.05) is 6.61 Å². The summed E-state index contributed by atoms with van der Waals surface area (Å²) >= 11 is 0. The number of carboxylic acid groups (broad SMARTS) is 1. The van der Waals surface area contributed by atoms with E-state index in [1.165, 1.54) is 18.3 Å². The lowest BCUT2D eigenvalue weighted by Crippen LogP contribution is -2.05. The van der Waals surface area contributed by atoms with Crippen molar-refractivity contribution in [3.63, 3.8) is 0 Å². The second-order valence-corrected chi connectivity index (χ2v) is 6.53. The maximum atomic E-state index is 12.6. The smallest absolute Gasteiger partial charge is 0.416 e. The van der Waals surface area contributed by atoms with Gasteiger partial charge < -0.3 is 14.7 Å². The van der Waals surface area contributed by atoms with Crippen molar-refractivity contribution < 1.29 is 32.6 Å². The molecule has 3 rings (SSSR count). The topological polar surface area (TPSA) is 68.1 Å². The Morgan fingerprint density at radius 2 is 1.68 bits per heavy atom. The summed E-state index contributed by atoms with van der Waals surface area (Å²) in [5, 5.41) is 12.1. The lowest BCUT2D eigenvalue weighted by molar-refractivity contribution is -0.142. The maximum Gasteiger partial charge on any atom is 0.416 e. The van der Waals surface area contributed by atoms with Gasteiger partial charge in [0.15, 0.2) is 0 Å². The summed E-state index contributed by atoms with van der Waals surface area (Å²) in [5.41, 5.74) is 2.51. The van der Waals surface area contributed by atoms with Crippen LogP contribution >= 0.6 is 0 Å². The van der Waals surface area contributed by atoms with Gasteiger partial charge in [-0.2, -0.15) is 13.2 Å². The van der Waals surface area contributed by atoms with Crippen molar-refractivity contribution in [1.29, 1.82) is 0 Å². The highest BCUT2D eigenvalue weighted by Gasteiger charge is 2.29. The summed E-state index contributed by atoms with van der Waals surface area (Å²) in [5.74, 6) is -0.519. The molecule has 0 aliphatic heterocycles. The van der Waals surface area contributed by atoms with Gasteiger partial charge in [-0.15, -0.1) is 0 Å². The number of rotatable bonds is 8. The Kier molecular flexibility index (Phi) is 6.92. The zero-order valence-corrected chi connectivity index (χ0v) is 16.2. The Bertz CT molecular complexity index is 1050. The predicted molar refractivity (Wildman–Crippen MR) is 109 cm³/mol. The van der Waals surface area contributed by atoms with Crippen LogP contribution < -0.4 is 4.74 Å². The van der Waals surface area contributed by atoms with Crippen LogP contribution in [-0.2, 0) is 22.4 Å². The Morgan fingerprint density at radius 1 is 0.968 bits per heavy atom.